The number of rotatable bonds is 3. The van der Waals surface area contributed by atoms with Crippen LogP contribution in [0.25, 0.3) is 10.3 Å². The lowest BCUT2D eigenvalue weighted by Gasteiger charge is -2.18. The zero-order valence-corrected chi connectivity index (χ0v) is 13.1. The van der Waals surface area contributed by atoms with Crippen LogP contribution in [-0.4, -0.2) is 22.0 Å². The van der Waals surface area contributed by atoms with E-state index in [9.17, 15) is 0 Å². The fourth-order valence-corrected chi connectivity index (χ4v) is 3.07. The number of benzene rings is 1. The fraction of sp³-hybridized carbons (Fsp3) is 0.154. The van der Waals surface area contributed by atoms with Gasteiger partial charge in [-0.3, -0.25) is 0 Å². The van der Waals surface area contributed by atoms with Crippen molar-refractivity contribution in [3.8, 4) is 0 Å². The number of halogens is 1. The Morgan fingerprint density at radius 1 is 1.30 bits per heavy atom. The molecule has 1 aromatic carbocycles. The lowest BCUT2D eigenvalue weighted by Crippen LogP contribution is -2.18. The summed E-state index contributed by atoms with van der Waals surface area (Å²) in [4.78, 5) is 15.7. The molecular weight excluding hydrogens is 338 g/mol. The Bertz CT molecular complexity index is 757. The van der Waals surface area contributed by atoms with E-state index in [0.717, 1.165) is 27.2 Å². The molecule has 7 heteroatoms. The van der Waals surface area contributed by atoms with Gasteiger partial charge in [0.05, 0.1) is 0 Å². The Labute approximate surface area is 128 Å². The number of hydrogen-bond donors (Lipinski definition) is 1. The van der Waals surface area contributed by atoms with Gasteiger partial charge in [0.15, 0.2) is 15.8 Å². The maximum atomic E-state index is 5.75. The largest absolute Gasteiger partial charge is 0.375 e. The number of hydrogen-bond acceptors (Lipinski definition) is 6. The monoisotopic (exact) mass is 349 g/mol. The molecule has 0 aliphatic heterocycles. The highest BCUT2D eigenvalue weighted by Gasteiger charge is 2.13. The van der Waals surface area contributed by atoms with E-state index < -0.39 is 0 Å². The predicted octanol–water partition coefficient (Wildman–Crippen LogP) is 3.07. The second-order valence-corrected chi connectivity index (χ2v) is 6.21. The lowest BCUT2D eigenvalue weighted by molar-refractivity contribution is 0.895. The van der Waals surface area contributed by atoms with Crippen LogP contribution in [0.5, 0.6) is 0 Å². The molecule has 0 bridgehead atoms. The van der Waals surface area contributed by atoms with Crippen LogP contribution in [-0.2, 0) is 6.54 Å². The van der Waals surface area contributed by atoms with Crippen molar-refractivity contribution in [3.05, 3.63) is 40.6 Å². The maximum absolute atomic E-state index is 5.75. The zero-order valence-electron chi connectivity index (χ0n) is 10.7. The van der Waals surface area contributed by atoms with Crippen LogP contribution < -0.4 is 10.6 Å². The van der Waals surface area contributed by atoms with Crippen LogP contribution in [0.2, 0.25) is 0 Å². The van der Waals surface area contributed by atoms with Crippen LogP contribution >= 0.6 is 27.3 Å². The van der Waals surface area contributed by atoms with E-state index in [-0.39, 0.29) is 0 Å². The number of aromatic nitrogens is 3. The first-order valence-corrected chi connectivity index (χ1v) is 7.57. The molecule has 2 heterocycles. The number of nitrogen functional groups attached to an aromatic ring is 1. The first kappa shape index (κ1) is 13.3. The summed E-state index contributed by atoms with van der Waals surface area (Å²) in [6.45, 7) is 0.727. The van der Waals surface area contributed by atoms with Crippen molar-refractivity contribution >= 4 is 48.6 Å². The second-order valence-electron chi connectivity index (χ2n) is 4.35. The average Bonchev–Trinajstić information content (AvgIpc) is 2.81. The molecule has 2 aromatic heterocycles. The standard InChI is InChI=1S/C13H12BrN5S/c1-19(6-8-4-2-3-5-9(8)14)11-10-12(17-7-16-11)20-13(15)18-10/h2-5,7H,6H2,1H3,(H2,15,18). The number of nitrogens with zero attached hydrogens (tertiary/aromatic N) is 4. The molecule has 3 rings (SSSR count). The van der Waals surface area contributed by atoms with E-state index in [1.807, 2.05) is 30.1 Å². The molecule has 0 atom stereocenters. The minimum Gasteiger partial charge on any atom is -0.375 e. The van der Waals surface area contributed by atoms with Gasteiger partial charge in [0.25, 0.3) is 0 Å². The summed E-state index contributed by atoms with van der Waals surface area (Å²) >= 11 is 4.93. The van der Waals surface area contributed by atoms with Gasteiger partial charge in [-0.2, -0.15) is 0 Å². The van der Waals surface area contributed by atoms with Crippen LogP contribution in [0, 0.1) is 0 Å². The predicted molar refractivity (Wildman–Crippen MR) is 85.9 cm³/mol. The molecule has 3 aromatic rings. The van der Waals surface area contributed by atoms with Gasteiger partial charge in [-0.05, 0) is 11.6 Å². The van der Waals surface area contributed by atoms with Crippen molar-refractivity contribution in [2.45, 2.75) is 6.54 Å². The molecule has 0 saturated heterocycles. The molecule has 0 unspecified atom stereocenters. The molecule has 0 saturated carbocycles. The Kier molecular flexibility index (Phi) is 3.54. The molecule has 20 heavy (non-hydrogen) atoms. The summed E-state index contributed by atoms with van der Waals surface area (Å²) in [5, 5.41) is 0.510. The topological polar surface area (TPSA) is 67.9 Å². The molecular formula is C13H12BrN5S. The van der Waals surface area contributed by atoms with Crippen molar-refractivity contribution in [2.24, 2.45) is 0 Å². The third-order valence-corrected chi connectivity index (χ3v) is 4.49. The van der Waals surface area contributed by atoms with Gasteiger partial charge < -0.3 is 10.6 Å². The van der Waals surface area contributed by atoms with Gasteiger partial charge in [0.1, 0.15) is 11.8 Å². The molecule has 2 N–H and O–H groups in total. The summed E-state index contributed by atoms with van der Waals surface area (Å²) < 4.78 is 1.08. The first-order valence-electron chi connectivity index (χ1n) is 5.96. The van der Waals surface area contributed by atoms with Gasteiger partial charge in [0.2, 0.25) is 0 Å². The minimum atomic E-state index is 0.510. The van der Waals surface area contributed by atoms with Gasteiger partial charge in [-0.25, -0.2) is 15.0 Å². The highest BCUT2D eigenvalue weighted by atomic mass is 79.9. The molecule has 0 aliphatic rings. The third kappa shape index (κ3) is 2.46. The van der Waals surface area contributed by atoms with E-state index in [0.29, 0.717) is 5.13 Å². The first-order chi connectivity index (χ1) is 9.65. The van der Waals surface area contributed by atoms with E-state index in [1.54, 1.807) is 6.33 Å². The minimum absolute atomic E-state index is 0.510. The van der Waals surface area contributed by atoms with Crippen molar-refractivity contribution < 1.29 is 0 Å². The summed E-state index contributed by atoms with van der Waals surface area (Å²) in [5.74, 6) is 0.790. The Morgan fingerprint density at radius 2 is 2.10 bits per heavy atom. The molecule has 0 amide bonds. The van der Waals surface area contributed by atoms with E-state index in [4.69, 9.17) is 5.73 Å². The van der Waals surface area contributed by atoms with E-state index in [2.05, 4.69) is 36.9 Å². The summed E-state index contributed by atoms with van der Waals surface area (Å²) in [7, 11) is 1.98. The average molecular weight is 350 g/mol. The van der Waals surface area contributed by atoms with Gasteiger partial charge in [-0.15, -0.1) is 0 Å². The lowest BCUT2D eigenvalue weighted by atomic mass is 10.2. The maximum Gasteiger partial charge on any atom is 0.182 e. The van der Waals surface area contributed by atoms with Crippen LogP contribution in [0.3, 0.4) is 0 Å². The smallest absolute Gasteiger partial charge is 0.182 e. The highest BCUT2D eigenvalue weighted by molar-refractivity contribution is 9.10. The highest BCUT2D eigenvalue weighted by Crippen LogP contribution is 2.28. The van der Waals surface area contributed by atoms with Gasteiger partial charge in [0, 0.05) is 18.1 Å². The molecule has 102 valence electrons. The molecule has 0 fully saturated rings. The number of nitrogens with two attached hydrogens (primary N) is 1. The number of fused-ring (bicyclic) bond motifs is 1. The zero-order chi connectivity index (χ0) is 14.1. The van der Waals surface area contributed by atoms with Crippen LogP contribution in [0.15, 0.2) is 35.1 Å². The fourth-order valence-electron chi connectivity index (χ4n) is 1.99. The van der Waals surface area contributed by atoms with Crippen molar-refractivity contribution in [1.29, 1.82) is 0 Å². The van der Waals surface area contributed by atoms with Gasteiger partial charge >= 0.3 is 0 Å². The van der Waals surface area contributed by atoms with Crippen LogP contribution in [0.4, 0.5) is 10.9 Å². The summed E-state index contributed by atoms with van der Waals surface area (Å²) in [6, 6.07) is 8.12. The van der Waals surface area contributed by atoms with Gasteiger partial charge in [-0.1, -0.05) is 45.5 Å². The van der Waals surface area contributed by atoms with Crippen molar-refractivity contribution in [3.63, 3.8) is 0 Å². The summed E-state index contributed by atoms with van der Waals surface area (Å²) in [5.41, 5.74) is 7.69. The van der Waals surface area contributed by atoms with E-state index in [1.165, 1.54) is 16.9 Å². The second kappa shape index (κ2) is 5.34. The summed E-state index contributed by atoms with van der Waals surface area (Å²) in [6.07, 6.45) is 1.55. The van der Waals surface area contributed by atoms with Crippen molar-refractivity contribution in [2.75, 3.05) is 17.7 Å². The van der Waals surface area contributed by atoms with E-state index >= 15 is 0 Å². The number of thiazole rings is 1. The third-order valence-electron chi connectivity index (χ3n) is 2.92. The normalized spacial score (nSPS) is 10.9. The SMILES string of the molecule is CN(Cc1ccccc1Br)c1ncnc2sc(N)nc12. The molecule has 5 nitrogen and oxygen atoms in total. The molecule has 0 aliphatic carbocycles. The number of anilines is 2. The Morgan fingerprint density at radius 3 is 2.90 bits per heavy atom. The molecule has 0 radical (unpaired) electrons. The van der Waals surface area contributed by atoms with Crippen molar-refractivity contribution in [1.82, 2.24) is 15.0 Å². The van der Waals surface area contributed by atoms with Crippen LogP contribution in [0.1, 0.15) is 5.56 Å². The quantitative estimate of drug-likeness (QED) is 0.786. The molecule has 0 spiro atoms. The Balaban J connectivity index is 1.97. The Hall–Kier alpha value is -1.73.